The first-order valence-corrected chi connectivity index (χ1v) is 10.4. The van der Waals surface area contributed by atoms with Crippen LogP contribution in [0.4, 0.5) is 0 Å². The lowest BCUT2D eigenvalue weighted by atomic mass is 10.1. The highest BCUT2D eigenvalue weighted by Gasteiger charge is 2.29. The zero-order valence-corrected chi connectivity index (χ0v) is 18.3. The van der Waals surface area contributed by atoms with Crippen LogP contribution < -0.4 is 14.8 Å². The summed E-state index contributed by atoms with van der Waals surface area (Å²) in [6.45, 7) is 6.72. The second-order valence-electron chi connectivity index (χ2n) is 7.13. The van der Waals surface area contributed by atoms with Gasteiger partial charge in [-0.05, 0) is 55.2 Å². The van der Waals surface area contributed by atoms with Crippen molar-refractivity contribution in [1.82, 2.24) is 10.2 Å². The van der Waals surface area contributed by atoms with Gasteiger partial charge >= 0.3 is 0 Å². The number of methoxy groups -OCH3 is 1. The fourth-order valence-corrected chi connectivity index (χ4v) is 3.16. The molecule has 6 nitrogen and oxygen atoms in total. The van der Waals surface area contributed by atoms with Crippen LogP contribution in [0.5, 0.6) is 11.5 Å². The number of benzene rings is 2. The summed E-state index contributed by atoms with van der Waals surface area (Å²) in [5, 5.41) is 2.92. The van der Waals surface area contributed by atoms with Crippen molar-refractivity contribution in [2.45, 2.75) is 46.2 Å². The summed E-state index contributed by atoms with van der Waals surface area (Å²) in [5.74, 6) is 0.926. The summed E-state index contributed by atoms with van der Waals surface area (Å²) < 4.78 is 10.8. The maximum Gasteiger partial charge on any atom is 0.261 e. The molecule has 2 aromatic rings. The van der Waals surface area contributed by atoms with Crippen LogP contribution in [0.1, 0.15) is 37.8 Å². The first kappa shape index (κ1) is 23.3. The number of hydrogen-bond donors (Lipinski definition) is 1. The van der Waals surface area contributed by atoms with E-state index in [0.717, 1.165) is 17.5 Å². The summed E-state index contributed by atoms with van der Waals surface area (Å²) in [7, 11) is 1.59. The molecule has 0 saturated heterocycles. The molecule has 0 saturated carbocycles. The summed E-state index contributed by atoms with van der Waals surface area (Å²) in [5.41, 5.74) is 2.09. The van der Waals surface area contributed by atoms with Crippen LogP contribution >= 0.6 is 0 Å². The van der Waals surface area contributed by atoms with Crippen molar-refractivity contribution in [3.05, 3.63) is 59.7 Å². The highest BCUT2D eigenvalue weighted by molar-refractivity contribution is 5.88. The van der Waals surface area contributed by atoms with Gasteiger partial charge in [-0.25, -0.2) is 0 Å². The maximum atomic E-state index is 13.1. The first-order valence-electron chi connectivity index (χ1n) is 10.4. The second-order valence-corrected chi connectivity index (χ2v) is 7.13. The van der Waals surface area contributed by atoms with Gasteiger partial charge in [0, 0.05) is 13.1 Å². The summed E-state index contributed by atoms with van der Waals surface area (Å²) in [6, 6.07) is 14.4. The van der Waals surface area contributed by atoms with Gasteiger partial charge in [-0.2, -0.15) is 0 Å². The van der Waals surface area contributed by atoms with Crippen molar-refractivity contribution in [3.63, 3.8) is 0 Å². The normalized spacial score (nSPS) is 11.5. The molecule has 0 fully saturated rings. The fourth-order valence-electron chi connectivity index (χ4n) is 3.16. The smallest absolute Gasteiger partial charge is 0.261 e. The Hall–Kier alpha value is -3.02. The van der Waals surface area contributed by atoms with Gasteiger partial charge in [-0.1, -0.05) is 38.1 Å². The Morgan fingerprint density at radius 3 is 2.30 bits per heavy atom. The third-order valence-electron chi connectivity index (χ3n) is 4.96. The van der Waals surface area contributed by atoms with Crippen LogP contribution in [-0.4, -0.2) is 43.0 Å². The van der Waals surface area contributed by atoms with Gasteiger partial charge in [0.05, 0.1) is 7.11 Å². The fraction of sp³-hybridized carbons (Fsp3) is 0.417. The minimum absolute atomic E-state index is 0.134. The molecule has 0 radical (unpaired) electrons. The molecule has 0 aromatic heterocycles. The zero-order chi connectivity index (χ0) is 21.9. The number of aryl methyl sites for hydroxylation is 1. The Labute approximate surface area is 179 Å². The molecular formula is C24H32N2O4. The summed E-state index contributed by atoms with van der Waals surface area (Å²) >= 11 is 0. The molecular weight excluding hydrogens is 380 g/mol. The average molecular weight is 413 g/mol. The molecule has 0 unspecified atom stereocenters. The monoisotopic (exact) mass is 412 g/mol. The number of ether oxygens (including phenoxy) is 2. The number of nitrogens with zero attached hydrogens (tertiary/aromatic N) is 1. The van der Waals surface area contributed by atoms with Crippen molar-refractivity contribution in [2.75, 3.05) is 20.3 Å². The quantitative estimate of drug-likeness (QED) is 0.611. The van der Waals surface area contributed by atoms with Crippen molar-refractivity contribution in [2.24, 2.45) is 0 Å². The topological polar surface area (TPSA) is 67.9 Å². The Balaban J connectivity index is 2.18. The number of carbonyl (C=O) groups is 2. The van der Waals surface area contributed by atoms with Crippen molar-refractivity contribution in [1.29, 1.82) is 0 Å². The molecule has 1 atom stereocenters. The Kier molecular flexibility index (Phi) is 9.19. The van der Waals surface area contributed by atoms with Gasteiger partial charge in [0.25, 0.3) is 5.91 Å². The van der Waals surface area contributed by atoms with E-state index in [4.69, 9.17) is 9.47 Å². The van der Waals surface area contributed by atoms with E-state index >= 15 is 0 Å². The number of rotatable bonds is 11. The minimum atomic E-state index is -0.553. The molecule has 2 amide bonds. The molecule has 0 aliphatic heterocycles. The molecule has 0 aliphatic carbocycles. The predicted molar refractivity (Wildman–Crippen MR) is 118 cm³/mol. The van der Waals surface area contributed by atoms with E-state index in [2.05, 4.69) is 5.32 Å². The number of nitrogens with one attached hydrogen (secondary N) is 1. The molecule has 2 aromatic carbocycles. The maximum absolute atomic E-state index is 13.1. The van der Waals surface area contributed by atoms with Crippen LogP contribution in [0, 0.1) is 6.92 Å². The van der Waals surface area contributed by atoms with E-state index in [1.54, 1.807) is 36.3 Å². The van der Waals surface area contributed by atoms with Crippen LogP contribution in [0.15, 0.2) is 48.5 Å². The van der Waals surface area contributed by atoms with E-state index in [1.807, 2.05) is 45.0 Å². The van der Waals surface area contributed by atoms with E-state index in [1.165, 1.54) is 0 Å². The average Bonchev–Trinajstić information content (AvgIpc) is 2.77. The van der Waals surface area contributed by atoms with Gasteiger partial charge in [-0.3, -0.25) is 9.59 Å². The van der Waals surface area contributed by atoms with E-state index in [-0.39, 0.29) is 18.4 Å². The molecule has 1 N–H and O–H groups in total. The molecule has 6 heteroatoms. The summed E-state index contributed by atoms with van der Waals surface area (Å²) in [6.07, 6.45) is 1.37. The third kappa shape index (κ3) is 6.51. The zero-order valence-electron chi connectivity index (χ0n) is 18.3. The Morgan fingerprint density at radius 2 is 1.70 bits per heavy atom. The number of hydrogen-bond acceptors (Lipinski definition) is 4. The van der Waals surface area contributed by atoms with Gasteiger partial charge < -0.3 is 19.7 Å². The van der Waals surface area contributed by atoms with Gasteiger partial charge in [0.2, 0.25) is 5.91 Å². The number of amides is 2. The number of carbonyl (C=O) groups excluding carboxylic acids is 2. The predicted octanol–water partition coefficient (Wildman–Crippen LogP) is 3.72. The highest BCUT2D eigenvalue weighted by Crippen LogP contribution is 2.19. The molecule has 2 rings (SSSR count). The van der Waals surface area contributed by atoms with Crippen LogP contribution in [0.2, 0.25) is 0 Å². The van der Waals surface area contributed by atoms with Gasteiger partial charge in [-0.15, -0.1) is 0 Å². The molecule has 162 valence electrons. The lowest BCUT2D eigenvalue weighted by Gasteiger charge is -2.31. The van der Waals surface area contributed by atoms with Crippen molar-refractivity contribution >= 4 is 11.8 Å². The Bertz CT molecular complexity index is 820. The largest absolute Gasteiger partial charge is 0.497 e. The van der Waals surface area contributed by atoms with Crippen LogP contribution in [0.25, 0.3) is 0 Å². The minimum Gasteiger partial charge on any atom is -0.497 e. The van der Waals surface area contributed by atoms with Gasteiger partial charge in [0.1, 0.15) is 17.5 Å². The van der Waals surface area contributed by atoms with E-state index in [0.29, 0.717) is 31.0 Å². The lowest BCUT2D eigenvalue weighted by Crippen LogP contribution is -2.50. The van der Waals surface area contributed by atoms with E-state index < -0.39 is 6.04 Å². The highest BCUT2D eigenvalue weighted by atomic mass is 16.5. The molecule has 30 heavy (non-hydrogen) atoms. The first-order chi connectivity index (χ1) is 14.5. The lowest BCUT2D eigenvalue weighted by molar-refractivity contribution is -0.143. The molecule has 0 spiro atoms. The molecule has 0 heterocycles. The summed E-state index contributed by atoms with van der Waals surface area (Å²) in [4.78, 5) is 27.5. The standard InChI is InChI=1S/C24H32N2O4/c1-5-15-25-24(28)22(6-2)26(16-19-10-8-7-9-18(19)3)23(27)17-30-21-13-11-20(29-4)12-14-21/h7-14,22H,5-6,15-17H2,1-4H3,(H,25,28)/t22-/m0/s1. The van der Waals surface area contributed by atoms with E-state index in [9.17, 15) is 9.59 Å². The third-order valence-corrected chi connectivity index (χ3v) is 4.96. The van der Waals surface area contributed by atoms with Crippen LogP contribution in [0.3, 0.4) is 0 Å². The Morgan fingerprint density at radius 1 is 1.03 bits per heavy atom. The SMILES string of the molecule is CCCNC(=O)[C@H](CC)N(Cc1ccccc1C)C(=O)COc1ccc(OC)cc1. The van der Waals surface area contributed by atoms with Crippen LogP contribution in [-0.2, 0) is 16.1 Å². The van der Waals surface area contributed by atoms with Gasteiger partial charge in [0.15, 0.2) is 6.61 Å². The van der Waals surface area contributed by atoms with Crippen molar-refractivity contribution < 1.29 is 19.1 Å². The van der Waals surface area contributed by atoms with Crippen molar-refractivity contribution in [3.8, 4) is 11.5 Å². The molecule has 0 aliphatic rings. The molecule has 0 bridgehead atoms. The second kappa shape index (κ2) is 11.9.